The molecular formula is C12H16N4. The van der Waals surface area contributed by atoms with Gasteiger partial charge in [0, 0.05) is 43.1 Å². The Morgan fingerprint density at radius 1 is 1.31 bits per heavy atom. The van der Waals surface area contributed by atoms with E-state index in [1.807, 2.05) is 19.9 Å². The van der Waals surface area contributed by atoms with Gasteiger partial charge >= 0.3 is 0 Å². The first-order chi connectivity index (χ1) is 7.72. The second kappa shape index (κ2) is 3.56. The van der Waals surface area contributed by atoms with Gasteiger partial charge in [0.25, 0.3) is 0 Å². The van der Waals surface area contributed by atoms with Crippen LogP contribution < -0.4 is 10.2 Å². The van der Waals surface area contributed by atoms with Crippen molar-refractivity contribution >= 4 is 5.95 Å². The minimum atomic E-state index is 0.657. The van der Waals surface area contributed by atoms with Crippen molar-refractivity contribution in [3.63, 3.8) is 0 Å². The Kier molecular flexibility index (Phi) is 2.17. The molecule has 1 atom stereocenters. The van der Waals surface area contributed by atoms with Gasteiger partial charge in [-0.25, -0.2) is 9.97 Å². The third-order valence-electron chi connectivity index (χ3n) is 3.21. The molecule has 2 aliphatic heterocycles. The van der Waals surface area contributed by atoms with Gasteiger partial charge in [-0.1, -0.05) is 0 Å². The number of hydrogen-bond acceptors (Lipinski definition) is 4. The largest absolute Gasteiger partial charge is 0.317 e. The van der Waals surface area contributed by atoms with Gasteiger partial charge in [0.1, 0.15) is 0 Å². The number of nitrogens with zero attached hydrogens (tertiary/aromatic N) is 3. The molecule has 1 saturated heterocycles. The van der Waals surface area contributed by atoms with Gasteiger partial charge in [0.05, 0.1) is 0 Å². The van der Waals surface area contributed by atoms with E-state index in [-0.39, 0.29) is 0 Å². The van der Waals surface area contributed by atoms with Crippen LogP contribution in [0.15, 0.2) is 17.8 Å². The van der Waals surface area contributed by atoms with E-state index in [2.05, 4.69) is 26.4 Å². The molecule has 0 saturated carbocycles. The number of aryl methyl sites for hydroxylation is 2. The predicted molar refractivity (Wildman–Crippen MR) is 63.3 cm³/mol. The number of hydrogen-bond donors (Lipinski definition) is 1. The van der Waals surface area contributed by atoms with Gasteiger partial charge < -0.3 is 10.2 Å². The van der Waals surface area contributed by atoms with Crippen LogP contribution in [0.25, 0.3) is 0 Å². The van der Waals surface area contributed by atoms with E-state index >= 15 is 0 Å². The first-order valence-corrected chi connectivity index (χ1v) is 5.72. The molecule has 0 aromatic carbocycles. The maximum absolute atomic E-state index is 4.49. The van der Waals surface area contributed by atoms with E-state index in [4.69, 9.17) is 0 Å². The summed E-state index contributed by atoms with van der Waals surface area (Å²) in [5, 5.41) is 3.38. The zero-order chi connectivity index (χ0) is 11.1. The van der Waals surface area contributed by atoms with E-state index in [9.17, 15) is 0 Å². The summed E-state index contributed by atoms with van der Waals surface area (Å²) in [7, 11) is 0. The van der Waals surface area contributed by atoms with Gasteiger partial charge in [-0.05, 0) is 25.5 Å². The standard InChI is InChI=1S/C12H16N4/c1-8-3-9(2)15-12(14-8)16-6-10-4-13-5-11(10)7-16/h3,6,11,13H,4-5,7H2,1-2H3/t11-/m1/s1. The zero-order valence-corrected chi connectivity index (χ0v) is 9.70. The average Bonchev–Trinajstić information content (AvgIpc) is 2.74. The maximum atomic E-state index is 4.49. The van der Waals surface area contributed by atoms with E-state index < -0.39 is 0 Å². The van der Waals surface area contributed by atoms with E-state index in [0.717, 1.165) is 37.0 Å². The van der Waals surface area contributed by atoms with Crippen LogP contribution in [0.1, 0.15) is 11.4 Å². The van der Waals surface area contributed by atoms with Gasteiger partial charge in [-0.3, -0.25) is 0 Å². The summed E-state index contributed by atoms with van der Waals surface area (Å²) < 4.78 is 0. The summed E-state index contributed by atoms with van der Waals surface area (Å²) in [6, 6.07) is 2.01. The third-order valence-corrected chi connectivity index (χ3v) is 3.21. The molecule has 4 nitrogen and oxygen atoms in total. The third kappa shape index (κ3) is 1.59. The molecule has 84 valence electrons. The van der Waals surface area contributed by atoms with Crippen molar-refractivity contribution in [2.45, 2.75) is 13.8 Å². The lowest BCUT2D eigenvalue weighted by molar-refractivity contribution is 0.671. The Hall–Kier alpha value is -1.42. The lowest BCUT2D eigenvalue weighted by Gasteiger charge is -2.16. The van der Waals surface area contributed by atoms with Crippen molar-refractivity contribution < 1.29 is 0 Å². The van der Waals surface area contributed by atoms with Crippen molar-refractivity contribution in [3.8, 4) is 0 Å². The quantitative estimate of drug-likeness (QED) is 0.761. The second-order valence-corrected chi connectivity index (χ2v) is 4.63. The molecule has 3 heterocycles. The molecule has 1 aromatic heterocycles. The van der Waals surface area contributed by atoms with Crippen LogP contribution in [-0.2, 0) is 0 Å². The van der Waals surface area contributed by atoms with Gasteiger partial charge in [0.2, 0.25) is 5.95 Å². The molecule has 0 spiro atoms. The molecular weight excluding hydrogens is 200 g/mol. The summed E-state index contributed by atoms with van der Waals surface area (Å²) in [5.41, 5.74) is 3.56. The highest BCUT2D eigenvalue weighted by Gasteiger charge is 2.29. The zero-order valence-electron chi connectivity index (χ0n) is 9.70. The molecule has 0 unspecified atom stereocenters. The van der Waals surface area contributed by atoms with Crippen molar-refractivity contribution in [2.24, 2.45) is 5.92 Å². The van der Waals surface area contributed by atoms with Crippen LogP contribution in [0.2, 0.25) is 0 Å². The molecule has 1 N–H and O–H groups in total. The lowest BCUT2D eigenvalue weighted by atomic mass is 10.1. The minimum absolute atomic E-state index is 0.657. The van der Waals surface area contributed by atoms with Gasteiger partial charge in [0.15, 0.2) is 0 Å². The summed E-state index contributed by atoms with van der Waals surface area (Å²) in [5.74, 6) is 1.50. The highest BCUT2D eigenvalue weighted by Crippen LogP contribution is 2.27. The van der Waals surface area contributed by atoms with Crippen molar-refractivity contribution in [2.75, 3.05) is 24.5 Å². The van der Waals surface area contributed by atoms with Gasteiger partial charge in [-0.15, -0.1) is 0 Å². The van der Waals surface area contributed by atoms with E-state index in [1.54, 1.807) is 0 Å². The van der Waals surface area contributed by atoms with Crippen molar-refractivity contribution in [3.05, 3.63) is 29.2 Å². The number of fused-ring (bicyclic) bond motifs is 1. The summed E-state index contributed by atoms with van der Waals surface area (Å²) in [6.45, 7) is 7.16. The minimum Gasteiger partial charge on any atom is -0.317 e. The van der Waals surface area contributed by atoms with E-state index in [1.165, 1.54) is 5.57 Å². The Morgan fingerprint density at radius 3 is 2.75 bits per heavy atom. The van der Waals surface area contributed by atoms with Crippen molar-refractivity contribution in [1.82, 2.24) is 15.3 Å². The molecule has 16 heavy (non-hydrogen) atoms. The molecule has 4 heteroatoms. The topological polar surface area (TPSA) is 41.1 Å². The highest BCUT2D eigenvalue weighted by molar-refractivity contribution is 5.43. The van der Waals surface area contributed by atoms with Crippen LogP contribution in [-0.4, -0.2) is 29.6 Å². The number of aromatic nitrogens is 2. The van der Waals surface area contributed by atoms with Crippen LogP contribution in [0.5, 0.6) is 0 Å². The lowest BCUT2D eigenvalue weighted by Crippen LogP contribution is -2.23. The van der Waals surface area contributed by atoms with Gasteiger partial charge in [-0.2, -0.15) is 0 Å². The van der Waals surface area contributed by atoms with Crippen LogP contribution in [0.4, 0.5) is 5.95 Å². The summed E-state index contributed by atoms with van der Waals surface area (Å²) in [4.78, 5) is 11.2. The summed E-state index contributed by atoms with van der Waals surface area (Å²) in [6.07, 6.45) is 2.21. The van der Waals surface area contributed by atoms with Crippen LogP contribution in [0, 0.1) is 19.8 Å². The molecule has 2 aliphatic rings. The molecule has 3 rings (SSSR count). The molecule has 0 bridgehead atoms. The Morgan fingerprint density at radius 2 is 2.06 bits per heavy atom. The monoisotopic (exact) mass is 216 g/mol. The molecule has 1 fully saturated rings. The Labute approximate surface area is 95.4 Å². The SMILES string of the molecule is Cc1cc(C)nc(N2C=C3CNC[C@@H]3C2)n1. The molecule has 0 amide bonds. The average molecular weight is 216 g/mol. The number of anilines is 1. The fourth-order valence-corrected chi connectivity index (χ4v) is 2.46. The normalized spacial score (nSPS) is 23.5. The molecule has 0 aliphatic carbocycles. The number of rotatable bonds is 1. The Bertz CT molecular complexity index is 432. The van der Waals surface area contributed by atoms with Crippen LogP contribution >= 0.6 is 0 Å². The smallest absolute Gasteiger partial charge is 0.229 e. The first-order valence-electron chi connectivity index (χ1n) is 5.72. The van der Waals surface area contributed by atoms with Crippen molar-refractivity contribution in [1.29, 1.82) is 0 Å². The predicted octanol–water partition coefficient (Wildman–Crippen LogP) is 1.02. The first kappa shape index (κ1) is 9.78. The fraction of sp³-hybridized carbons (Fsp3) is 0.500. The number of nitrogens with one attached hydrogen (secondary N) is 1. The summed E-state index contributed by atoms with van der Waals surface area (Å²) >= 11 is 0. The Balaban J connectivity index is 1.91. The fourth-order valence-electron chi connectivity index (χ4n) is 2.46. The van der Waals surface area contributed by atoms with E-state index in [0.29, 0.717) is 5.92 Å². The van der Waals surface area contributed by atoms with Crippen LogP contribution in [0.3, 0.4) is 0 Å². The maximum Gasteiger partial charge on any atom is 0.229 e. The molecule has 1 aromatic rings. The highest BCUT2D eigenvalue weighted by atomic mass is 15.3. The second-order valence-electron chi connectivity index (χ2n) is 4.63. The molecule has 0 radical (unpaired) electrons.